The van der Waals surface area contributed by atoms with Gasteiger partial charge < -0.3 is 25.8 Å². The van der Waals surface area contributed by atoms with E-state index >= 15 is 0 Å². The first kappa shape index (κ1) is 26.0. The van der Waals surface area contributed by atoms with Crippen molar-refractivity contribution in [1.29, 1.82) is 5.41 Å². The number of nitrogens with two attached hydrogens (primary N) is 1. The second-order valence-corrected chi connectivity index (χ2v) is 10.5. The average molecular weight is 523 g/mol. The van der Waals surface area contributed by atoms with Crippen LogP contribution >= 0.6 is 0 Å². The summed E-state index contributed by atoms with van der Waals surface area (Å²) in [5.41, 5.74) is 7.99. The van der Waals surface area contributed by atoms with Gasteiger partial charge in [-0.1, -0.05) is 30.3 Å². The van der Waals surface area contributed by atoms with Crippen molar-refractivity contribution in [1.82, 2.24) is 0 Å². The molecule has 1 aliphatic rings. The largest absolute Gasteiger partial charge is 0.384 e. The Hall–Kier alpha value is -4.06. The number of amides is 2. The van der Waals surface area contributed by atoms with Gasteiger partial charge in [-0.05, 0) is 48.0 Å². The zero-order chi connectivity index (χ0) is 26.7. The predicted molar refractivity (Wildman–Crippen MR) is 139 cm³/mol. The molecule has 0 bridgehead atoms. The number of hydrogen-bond acceptors (Lipinski definition) is 7. The SMILES string of the molecule is CS(=O)(=O)c1ccccc1-c1ccc(N2CCO[C@H]([C@@H](O)C(=O)Nc3ccc(C(=N)N)cc3)C2=O)cc1. The lowest BCUT2D eigenvalue weighted by molar-refractivity contribution is -0.150. The first-order valence-corrected chi connectivity index (χ1v) is 13.2. The molecular formula is C26H26N4O6S. The fourth-order valence-corrected chi connectivity index (χ4v) is 4.94. The summed E-state index contributed by atoms with van der Waals surface area (Å²) in [6, 6.07) is 19.6. The zero-order valence-electron chi connectivity index (χ0n) is 19.9. The van der Waals surface area contributed by atoms with Crippen LogP contribution in [-0.4, -0.2) is 62.8 Å². The molecule has 4 rings (SSSR count). The molecule has 192 valence electrons. The second-order valence-electron chi connectivity index (χ2n) is 8.52. The smallest absolute Gasteiger partial charge is 0.259 e. The summed E-state index contributed by atoms with van der Waals surface area (Å²) in [6.45, 7) is 0.322. The normalized spacial score (nSPS) is 16.8. The molecular weight excluding hydrogens is 496 g/mol. The van der Waals surface area contributed by atoms with Gasteiger partial charge in [-0.15, -0.1) is 0 Å². The Labute approximate surface area is 214 Å². The minimum absolute atomic E-state index is 0.104. The highest BCUT2D eigenvalue weighted by atomic mass is 32.2. The summed E-state index contributed by atoms with van der Waals surface area (Å²) in [7, 11) is -3.44. The van der Waals surface area contributed by atoms with E-state index in [1.54, 1.807) is 60.7 Å². The Bertz CT molecular complexity index is 1440. The number of aliphatic hydroxyl groups is 1. The summed E-state index contributed by atoms with van der Waals surface area (Å²) in [6.07, 6.45) is -2.02. The summed E-state index contributed by atoms with van der Waals surface area (Å²) in [5.74, 6) is -1.51. The molecule has 0 radical (unpaired) electrons. The number of nitrogens with zero attached hydrogens (tertiary/aromatic N) is 1. The highest BCUT2D eigenvalue weighted by Crippen LogP contribution is 2.30. The van der Waals surface area contributed by atoms with E-state index in [2.05, 4.69) is 5.32 Å². The lowest BCUT2D eigenvalue weighted by Gasteiger charge is -2.34. The van der Waals surface area contributed by atoms with Gasteiger partial charge in [0.05, 0.1) is 11.5 Å². The van der Waals surface area contributed by atoms with Crippen LogP contribution in [0.15, 0.2) is 77.7 Å². The van der Waals surface area contributed by atoms with Gasteiger partial charge in [0.2, 0.25) is 0 Å². The third kappa shape index (κ3) is 5.69. The lowest BCUT2D eigenvalue weighted by atomic mass is 10.0. The summed E-state index contributed by atoms with van der Waals surface area (Å²) < 4.78 is 29.8. The first-order valence-electron chi connectivity index (χ1n) is 11.3. The molecule has 10 nitrogen and oxygen atoms in total. The van der Waals surface area contributed by atoms with Crippen molar-refractivity contribution in [3.8, 4) is 11.1 Å². The molecule has 0 aliphatic carbocycles. The zero-order valence-corrected chi connectivity index (χ0v) is 20.7. The van der Waals surface area contributed by atoms with Crippen molar-refractivity contribution < 1.29 is 27.9 Å². The van der Waals surface area contributed by atoms with Gasteiger partial charge in [-0.2, -0.15) is 0 Å². The number of aliphatic hydroxyl groups excluding tert-OH is 1. The Morgan fingerprint density at radius 3 is 2.38 bits per heavy atom. The van der Waals surface area contributed by atoms with Gasteiger partial charge in [-0.3, -0.25) is 15.0 Å². The summed E-state index contributed by atoms with van der Waals surface area (Å²) >= 11 is 0. The standard InChI is InChI=1S/C26H26N4O6S/c1-37(34,35)21-5-3-2-4-20(21)16-8-12-19(13-9-16)30-14-15-36-23(26(30)33)22(31)25(32)29-18-10-6-17(7-11-18)24(27)28/h2-13,22-23,31H,14-15H2,1H3,(H3,27,28)(H,29,32)/t22-,23-/m1/s1. The number of ether oxygens (including phenoxy) is 1. The number of sulfone groups is 1. The van der Waals surface area contributed by atoms with Crippen LogP contribution in [0.25, 0.3) is 11.1 Å². The van der Waals surface area contributed by atoms with E-state index in [4.69, 9.17) is 15.9 Å². The van der Waals surface area contributed by atoms with Crippen LogP contribution in [0.2, 0.25) is 0 Å². The molecule has 0 unspecified atom stereocenters. The Morgan fingerprint density at radius 2 is 1.76 bits per heavy atom. The molecule has 3 aromatic rings. The van der Waals surface area contributed by atoms with E-state index in [1.165, 1.54) is 17.0 Å². The molecule has 1 heterocycles. The maximum Gasteiger partial charge on any atom is 0.259 e. The van der Waals surface area contributed by atoms with E-state index in [1.807, 2.05) is 0 Å². The summed E-state index contributed by atoms with van der Waals surface area (Å²) in [5, 5.41) is 20.5. The van der Waals surface area contributed by atoms with Gasteiger partial charge in [-0.25, -0.2) is 8.42 Å². The number of amidine groups is 1. The van der Waals surface area contributed by atoms with Crippen LogP contribution in [0.5, 0.6) is 0 Å². The minimum Gasteiger partial charge on any atom is -0.384 e. The van der Waals surface area contributed by atoms with Crippen molar-refractivity contribution in [2.45, 2.75) is 17.1 Å². The highest BCUT2D eigenvalue weighted by molar-refractivity contribution is 7.90. The maximum atomic E-state index is 13.1. The monoisotopic (exact) mass is 522 g/mol. The van der Waals surface area contributed by atoms with Crippen molar-refractivity contribution in [2.24, 2.45) is 5.73 Å². The Balaban J connectivity index is 1.48. The fraction of sp³-hybridized carbons (Fsp3) is 0.192. The van der Waals surface area contributed by atoms with Crippen molar-refractivity contribution in [3.05, 3.63) is 78.4 Å². The molecule has 37 heavy (non-hydrogen) atoms. The van der Waals surface area contributed by atoms with E-state index in [9.17, 15) is 23.1 Å². The first-order chi connectivity index (χ1) is 17.6. The maximum absolute atomic E-state index is 13.1. The number of benzene rings is 3. The Morgan fingerprint density at radius 1 is 1.11 bits per heavy atom. The van der Waals surface area contributed by atoms with Crippen LogP contribution < -0.4 is 16.0 Å². The van der Waals surface area contributed by atoms with Gasteiger partial charge in [0.15, 0.2) is 22.0 Å². The molecule has 2 atom stereocenters. The number of rotatable bonds is 7. The van der Waals surface area contributed by atoms with E-state index in [0.29, 0.717) is 28.1 Å². The van der Waals surface area contributed by atoms with Crippen molar-refractivity contribution in [3.63, 3.8) is 0 Å². The predicted octanol–water partition coefficient (Wildman–Crippen LogP) is 1.77. The van der Waals surface area contributed by atoms with E-state index in [0.717, 1.165) is 6.26 Å². The summed E-state index contributed by atoms with van der Waals surface area (Å²) in [4.78, 5) is 27.4. The number of nitrogen functional groups attached to an aromatic ring is 1. The molecule has 0 spiro atoms. The fourth-order valence-electron chi connectivity index (χ4n) is 4.02. The van der Waals surface area contributed by atoms with Crippen molar-refractivity contribution in [2.75, 3.05) is 29.6 Å². The molecule has 3 aromatic carbocycles. The van der Waals surface area contributed by atoms with Crippen LogP contribution in [0, 0.1) is 5.41 Å². The van der Waals surface area contributed by atoms with E-state index in [-0.39, 0.29) is 23.9 Å². The average Bonchev–Trinajstić information content (AvgIpc) is 2.88. The van der Waals surface area contributed by atoms with Crippen LogP contribution in [-0.2, 0) is 24.2 Å². The molecule has 5 N–H and O–H groups in total. The van der Waals surface area contributed by atoms with Crippen molar-refractivity contribution >= 4 is 38.9 Å². The van der Waals surface area contributed by atoms with Gasteiger partial charge in [0, 0.05) is 35.3 Å². The number of carbonyl (C=O) groups is 2. The molecule has 0 saturated carbocycles. The molecule has 11 heteroatoms. The molecule has 2 amide bonds. The molecule has 0 aromatic heterocycles. The highest BCUT2D eigenvalue weighted by Gasteiger charge is 2.39. The van der Waals surface area contributed by atoms with Crippen LogP contribution in [0.3, 0.4) is 0 Å². The molecule has 1 saturated heterocycles. The number of anilines is 2. The van der Waals surface area contributed by atoms with Gasteiger partial charge in [0.1, 0.15) is 5.84 Å². The van der Waals surface area contributed by atoms with Gasteiger partial charge in [0.25, 0.3) is 11.8 Å². The van der Waals surface area contributed by atoms with Crippen LogP contribution in [0.1, 0.15) is 5.56 Å². The number of morpholine rings is 1. The molecule has 1 fully saturated rings. The topological polar surface area (TPSA) is 163 Å². The Kier molecular flexibility index (Phi) is 7.39. The van der Waals surface area contributed by atoms with Gasteiger partial charge >= 0.3 is 0 Å². The minimum atomic E-state index is -3.44. The van der Waals surface area contributed by atoms with Crippen LogP contribution in [0.4, 0.5) is 11.4 Å². The quantitative estimate of drug-likeness (QED) is 0.271. The second kappa shape index (κ2) is 10.5. The third-order valence-electron chi connectivity index (χ3n) is 5.92. The number of hydrogen-bond donors (Lipinski definition) is 4. The lowest BCUT2D eigenvalue weighted by Crippen LogP contribution is -2.55. The van der Waals surface area contributed by atoms with E-state index < -0.39 is 33.9 Å². The number of nitrogens with one attached hydrogen (secondary N) is 2. The number of carbonyl (C=O) groups excluding carboxylic acids is 2. The third-order valence-corrected chi connectivity index (χ3v) is 7.07. The molecule has 1 aliphatic heterocycles.